The first-order valence-corrected chi connectivity index (χ1v) is 2.23. The second-order valence-corrected chi connectivity index (χ2v) is 1.21. The summed E-state index contributed by atoms with van der Waals surface area (Å²) in [5, 5.41) is 0. The minimum Gasteiger partial charge on any atom is -0.318 e. The second-order valence-electron chi connectivity index (χ2n) is 1.21. The van der Waals surface area contributed by atoms with E-state index in [2.05, 4.69) is 13.2 Å². The van der Waals surface area contributed by atoms with Gasteiger partial charge in [0.2, 0.25) is 6.39 Å². The van der Waals surface area contributed by atoms with E-state index in [0.717, 1.165) is 4.90 Å². The molecule has 0 atom stereocenters. The molecule has 0 unspecified atom stereocenters. The predicted octanol–water partition coefficient (Wildman–Crippen LogP) is 0.774. The molecule has 0 spiro atoms. The van der Waals surface area contributed by atoms with Crippen LogP contribution in [0.1, 0.15) is 1.37 Å². The first kappa shape index (κ1) is 5.09. The Kier molecular flexibility index (Phi) is 2.62. The van der Waals surface area contributed by atoms with Crippen LogP contribution >= 0.6 is 0 Å². The molecule has 0 saturated heterocycles. The zero-order valence-corrected chi connectivity index (χ0v) is 4.63. The number of hydrogen-bond donors (Lipinski definition) is 0. The van der Waals surface area contributed by atoms with Gasteiger partial charge in [-0.25, -0.2) is 0 Å². The first-order valence-electron chi connectivity index (χ1n) is 2.73. The first-order chi connectivity index (χ1) is 4.22. The third-order valence-electron chi connectivity index (χ3n) is 0.663. The molecular weight excluding hydrogens is 102 g/mol. The van der Waals surface area contributed by atoms with Crippen LogP contribution in [-0.2, 0) is 4.79 Å². The van der Waals surface area contributed by atoms with E-state index < -0.39 is 6.39 Å². The average molecular weight is 112 g/mol. The van der Waals surface area contributed by atoms with Gasteiger partial charge in [0, 0.05) is 6.54 Å². The van der Waals surface area contributed by atoms with Gasteiger partial charge >= 0.3 is 0 Å². The zero-order chi connectivity index (χ0) is 7.28. The molecule has 0 radical (unpaired) electrons. The third kappa shape index (κ3) is 2.18. The quantitative estimate of drug-likeness (QED) is 0.390. The summed E-state index contributed by atoms with van der Waals surface area (Å²) in [5.74, 6) is 0. The number of carbonyl (C=O) groups excluding carboxylic acids is 1. The monoisotopic (exact) mass is 112 g/mol. The SMILES string of the molecule is [2H]C(=O)N(C=C)CC=C. The van der Waals surface area contributed by atoms with Crippen molar-refractivity contribution < 1.29 is 6.17 Å². The standard InChI is InChI=1S/C6H9NO/c1-3-5-7(4-2)6-8/h3-4,6H,1-2,5H2/i6D. The van der Waals surface area contributed by atoms with Gasteiger partial charge in [0.1, 0.15) is 1.37 Å². The number of rotatable bonds is 3. The fourth-order valence-corrected chi connectivity index (χ4v) is 0.288. The molecule has 0 heterocycles. The van der Waals surface area contributed by atoms with Gasteiger partial charge in [0.15, 0.2) is 0 Å². The van der Waals surface area contributed by atoms with E-state index in [1.165, 1.54) is 12.3 Å². The van der Waals surface area contributed by atoms with E-state index >= 15 is 0 Å². The van der Waals surface area contributed by atoms with Crippen molar-refractivity contribution in [2.24, 2.45) is 0 Å². The Bertz CT molecular complexity index is 133. The van der Waals surface area contributed by atoms with Crippen molar-refractivity contribution >= 4 is 6.39 Å². The highest BCUT2D eigenvalue weighted by Crippen LogP contribution is 1.79. The predicted molar refractivity (Wildman–Crippen MR) is 33.2 cm³/mol. The Hall–Kier alpha value is -1.05. The van der Waals surface area contributed by atoms with Crippen molar-refractivity contribution in [3.8, 4) is 0 Å². The molecule has 0 N–H and O–H groups in total. The second kappa shape index (κ2) is 4.12. The molecule has 0 rings (SSSR count). The molecule has 0 aliphatic heterocycles. The molecule has 44 valence electrons. The molecule has 0 saturated carbocycles. The van der Waals surface area contributed by atoms with Crippen LogP contribution in [0.2, 0.25) is 0 Å². The fourth-order valence-electron chi connectivity index (χ4n) is 0.288. The number of carbonyl (C=O) groups is 1. The summed E-state index contributed by atoms with van der Waals surface area (Å²) in [5.41, 5.74) is 0. The molecule has 0 aromatic rings. The molecule has 8 heavy (non-hydrogen) atoms. The molecule has 0 aromatic heterocycles. The molecule has 0 aliphatic carbocycles. The fraction of sp³-hybridized carbons (Fsp3) is 0.167. The van der Waals surface area contributed by atoms with Crippen LogP contribution in [0.3, 0.4) is 0 Å². The summed E-state index contributed by atoms with van der Waals surface area (Å²) < 4.78 is 6.61. The molecule has 0 fully saturated rings. The topological polar surface area (TPSA) is 20.3 Å². The molecule has 0 aromatic carbocycles. The van der Waals surface area contributed by atoms with E-state index in [1.54, 1.807) is 0 Å². The van der Waals surface area contributed by atoms with Crippen LogP contribution in [0.4, 0.5) is 0 Å². The highest BCUT2D eigenvalue weighted by atomic mass is 16.1. The van der Waals surface area contributed by atoms with Gasteiger partial charge < -0.3 is 4.90 Å². The summed E-state index contributed by atoms with van der Waals surface area (Å²) >= 11 is 0. The number of nitrogens with zero attached hydrogens (tertiary/aromatic N) is 1. The van der Waals surface area contributed by atoms with Gasteiger partial charge in [0.25, 0.3) is 0 Å². The summed E-state index contributed by atoms with van der Waals surface area (Å²) in [6, 6.07) is 0. The molecule has 0 bridgehead atoms. The Labute approximate surface area is 50.5 Å². The van der Waals surface area contributed by atoms with Crippen molar-refractivity contribution in [2.75, 3.05) is 6.54 Å². The van der Waals surface area contributed by atoms with Crippen molar-refractivity contribution in [1.82, 2.24) is 4.90 Å². The van der Waals surface area contributed by atoms with Crippen molar-refractivity contribution in [3.63, 3.8) is 0 Å². The smallest absolute Gasteiger partial charge is 0.213 e. The molecule has 2 nitrogen and oxygen atoms in total. The van der Waals surface area contributed by atoms with Gasteiger partial charge in [-0.2, -0.15) is 0 Å². The largest absolute Gasteiger partial charge is 0.318 e. The Morgan fingerprint density at radius 1 is 1.75 bits per heavy atom. The summed E-state index contributed by atoms with van der Waals surface area (Å²) in [7, 11) is 0. The lowest BCUT2D eigenvalue weighted by molar-refractivity contribution is -0.115. The van der Waals surface area contributed by atoms with E-state index in [-0.39, 0.29) is 0 Å². The Balaban J connectivity index is 3.81. The third-order valence-corrected chi connectivity index (χ3v) is 0.663. The van der Waals surface area contributed by atoms with Gasteiger partial charge in [-0.15, -0.1) is 6.58 Å². The van der Waals surface area contributed by atoms with E-state index in [0.29, 0.717) is 6.54 Å². The van der Waals surface area contributed by atoms with E-state index in [4.69, 9.17) is 1.37 Å². The zero-order valence-electron chi connectivity index (χ0n) is 5.63. The summed E-state index contributed by atoms with van der Waals surface area (Å²) in [4.78, 5) is 11.4. The van der Waals surface area contributed by atoms with Gasteiger partial charge in [-0.3, -0.25) is 4.79 Å². The Morgan fingerprint density at radius 2 is 2.38 bits per heavy atom. The molecule has 2 heteroatoms. The minimum absolute atomic E-state index is 0.353. The lowest BCUT2D eigenvalue weighted by atomic mass is 10.6. The van der Waals surface area contributed by atoms with Crippen LogP contribution in [0.5, 0.6) is 0 Å². The maximum absolute atomic E-state index is 10.2. The highest BCUT2D eigenvalue weighted by Gasteiger charge is 1.85. The number of hydrogen-bond acceptors (Lipinski definition) is 1. The average Bonchev–Trinajstić information content (AvgIpc) is 1.82. The molecule has 0 aliphatic rings. The van der Waals surface area contributed by atoms with Crippen LogP contribution in [0.25, 0.3) is 0 Å². The van der Waals surface area contributed by atoms with Gasteiger partial charge in [0.05, 0.1) is 0 Å². The summed E-state index contributed by atoms with van der Waals surface area (Å²) in [6.07, 6.45) is 2.08. The molecule has 1 amide bonds. The van der Waals surface area contributed by atoms with Crippen molar-refractivity contribution in [3.05, 3.63) is 25.4 Å². The summed E-state index contributed by atoms with van der Waals surface area (Å²) in [6.45, 7) is 7.10. The van der Waals surface area contributed by atoms with Crippen LogP contribution in [0.15, 0.2) is 25.4 Å². The van der Waals surface area contributed by atoms with Gasteiger partial charge in [-0.1, -0.05) is 12.7 Å². The maximum atomic E-state index is 10.2. The highest BCUT2D eigenvalue weighted by molar-refractivity contribution is 5.48. The maximum Gasteiger partial charge on any atom is 0.213 e. The van der Waals surface area contributed by atoms with Crippen molar-refractivity contribution in [2.45, 2.75) is 0 Å². The lowest BCUT2D eigenvalue weighted by Gasteiger charge is -2.05. The molecular formula is C6H9NO. The van der Waals surface area contributed by atoms with Crippen molar-refractivity contribution in [1.29, 1.82) is 0 Å². The number of amides is 1. The van der Waals surface area contributed by atoms with Crippen LogP contribution in [0, 0.1) is 0 Å². The van der Waals surface area contributed by atoms with E-state index in [9.17, 15) is 4.79 Å². The van der Waals surface area contributed by atoms with Gasteiger partial charge in [-0.05, 0) is 6.20 Å². The Morgan fingerprint density at radius 3 is 2.50 bits per heavy atom. The van der Waals surface area contributed by atoms with E-state index in [1.807, 2.05) is 0 Å². The lowest BCUT2D eigenvalue weighted by Crippen LogP contribution is -2.13. The van der Waals surface area contributed by atoms with Crippen LogP contribution in [-0.4, -0.2) is 17.8 Å². The minimum atomic E-state index is -0.759. The van der Waals surface area contributed by atoms with Crippen LogP contribution < -0.4 is 0 Å². The normalized spacial score (nSPS) is 9.25.